The summed E-state index contributed by atoms with van der Waals surface area (Å²) in [5.74, 6) is -2.86. The highest BCUT2D eigenvalue weighted by atomic mass is 16.5. The number of aromatic nitrogens is 1. The van der Waals surface area contributed by atoms with Crippen molar-refractivity contribution in [1.29, 1.82) is 5.26 Å². The molecule has 0 radical (unpaired) electrons. The van der Waals surface area contributed by atoms with Gasteiger partial charge in [0.15, 0.2) is 5.92 Å². The van der Waals surface area contributed by atoms with Gasteiger partial charge in [-0.1, -0.05) is 6.07 Å². The van der Waals surface area contributed by atoms with E-state index < -0.39 is 17.9 Å². The summed E-state index contributed by atoms with van der Waals surface area (Å²) in [4.78, 5) is 26.8. The van der Waals surface area contributed by atoms with Gasteiger partial charge in [-0.05, 0) is 6.07 Å². The highest BCUT2D eigenvalue weighted by molar-refractivity contribution is 6.01. The van der Waals surface area contributed by atoms with E-state index in [1.165, 1.54) is 18.3 Å². The molecule has 0 saturated carbocycles. The molecular weight excluding hydrogens is 224 g/mol. The lowest BCUT2D eigenvalue weighted by atomic mass is 9.98. The second-order valence-corrected chi connectivity index (χ2v) is 3.03. The third kappa shape index (κ3) is 2.58. The SMILES string of the molecule is COC(=O)C(C(=O)OC)c1cccnc1C#N. The van der Waals surface area contributed by atoms with Gasteiger partial charge in [0.25, 0.3) is 0 Å². The Morgan fingerprint density at radius 3 is 2.41 bits per heavy atom. The van der Waals surface area contributed by atoms with Gasteiger partial charge in [0.2, 0.25) is 0 Å². The molecule has 0 aliphatic heterocycles. The molecule has 0 aliphatic rings. The molecule has 17 heavy (non-hydrogen) atoms. The highest BCUT2D eigenvalue weighted by Crippen LogP contribution is 2.21. The van der Waals surface area contributed by atoms with E-state index in [2.05, 4.69) is 14.5 Å². The molecule has 0 fully saturated rings. The molecule has 6 heteroatoms. The number of hydrogen-bond donors (Lipinski definition) is 0. The maximum absolute atomic E-state index is 11.5. The molecule has 6 nitrogen and oxygen atoms in total. The average Bonchev–Trinajstić information content (AvgIpc) is 2.39. The minimum absolute atomic E-state index is 0.00620. The first-order valence-electron chi connectivity index (χ1n) is 4.66. The molecule has 1 rings (SSSR count). The second kappa shape index (κ2) is 5.61. The van der Waals surface area contributed by atoms with Crippen LogP contribution in [-0.2, 0) is 19.1 Å². The van der Waals surface area contributed by atoms with Crippen LogP contribution in [0, 0.1) is 11.3 Å². The van der Waals surface area contributed by atoms with Gasteiger partial charge in [-0.3, -0.25) is 9.59 Å². The molecule has 1 aromatic rings. The Hall–Kier alpha value is -2.42. The van der Waals surface area contributed by atoms with Gasteiger partial charge in [0.05, 0.1) is 14.2 Å². The molecule has 0 amide bonds. The van der Waals surface area contributed by atoms with Crippen molar-refractivity contribution in [1.82, 2.24) is 4.98 Å². The van der Waals surface area contributed by atoms with E-state index in [0.29, 0.717) is 0 Å². The third-order valence-corrected chi connectivity index (χ3v) is 2.13. The zero-order valence-electron chi connectivity index (χ0n) is 9.34. The number of pyridine rings is 1. The first-order chi connectivity index (χ1) is 8.15. The van der Waals surface area contributed by atoms with Crippen LogP contribution in [0.15, 0.2) is 18.3 Å². The van der Waals surface area contributed by atoms with Gasteiger partial charge >= 0.3 is 11.9 Å². The first kappa shape index (κ1) is 12.6. The van der Waals surface area contributed by atoms with Gasteiger partial charge in [-0.2, -0.15) is 5.26 Å². The van der Waals surface area contributed by atoms with Crippen LogP contribution in [0.25, 0.3) is 0 Å². The summed E-state index contributed by atoms with van der Waals surface area (Å²) in [6.45, 7) is 0. The van der Waals surface area contributed by atoms with Crippen LogP contribution in [-0.4, -0.2) is 31.1 Å². The van der Waals surface area contributed by atoms with Crippen molar-refractivity contribution in [2.45, 2.75) is 5.92 Å². The predicted octanol–water partition coefficient (Wildman–Crippen LogP) is 0.383. The number of nitrogens with zero attached hydrogens (tertiary/aromatic N) is 2. The van der Waals surface area contributed by atoms with Crippen LogP contribution < -0.4 is 0 Å². The third-order valence-electron chi connectivity index (χ3n) is 2.13. The Balaban J connectivity index is 3.27. The van der Waals surface area contributed by atoms with Crippen LogP contribution in [0.5, 0.6) is 0 Å². The van der Waals surface area contributed by atoms with Gasteiger partial charge in [0.1, 0.15) is 11.8 Å². The molecule has 0 spiro atoms. The monoisotopic (exact) mass is 234 g/mol. The van der Waals surface area contributed by atoms with Crippen molar-refractivity contribution < 1.29 is 19.1 Å². The van der Waals surface area contributed by atoms with Crippen molar-refractivity contribution in [3.05, 3.63) is 29.6 Å². The Labute approximate surface area is 97.8 Å². The molecule has 0 aromatic carbocycles. The summed E-state index contributed by atoms with van der Waals surface area (Å²) in [5, 5.41) is 8.86. The van der Waals surface area contributed by atoms with E-state index >= 15 is 0 Å². The molecular formula is C11H10N2O4. The summed E-state index contributed by atoms with van der Waals surface area (Å²) >= 11 is 0. The molecule has 1 aromatic heterocycles. The molecule has 88 valence electrons. The number of methoxy groups -OCH3 is 2. The highest BCUT2D eigenvalue weighted by Gasteiger charge is 2.32. The molecule has 0 bridgehead atoms. The summed E-state index contributed by atoms with van der Waals surface area (Å²) in [6, 6.07) is 4.79. The Bertz CT molecular complexity index is 463. The van der Waals surface area contributed by atoms with E-state index in [-0.39, 0.29) is 11.3 Å². The lowest BCUT2D eigenvalue weighted by Gasteiger charge is -2.12. The van der Waals surface area contributed by atoms with Crippen molar-refractivity contribution in [2.24, 2.45) is 0 Å². The molecule has 0 unspecified atom stereocenters. The predicted molar refractivity (Wildman–Crippen MR) is 55.7 cm³/mol. The van der Waals surface area contributed by atoms with Crippen molar-refractivity contribution >= 4 is 11.9 Å². The Morgan fingerprint density at radius 2 is 1.94 bits per heavy atom. The first-order valence-corrected chi connectivity index (χ1v) is 4.66. The minimum atomic E-state index is -1.28. The largest absolute Gasteiger partial charge is 0.468 e. The van der Waals surface area contributed by atoms with Crippen molar-refractivity contribution in [3.63, 3.8) is 0 Å². The van der Waals surface area contributed by atoms with Crippen LogP contribution in [0.3, 0.4) is 0 Å². The zero-order valence-corrected chi connectivity index (χ0v) is 9.34. The van der Waals surface area contributed by atoms with E-state index in [0.717, 1.165) is 14.2 Å². The number of carbonyl (C=O) groups is 2. The van der Waals surface area contributed by atoms with Gasteiger partial charge in [-0.25, -0.2) is 4.98 Å². The summed E-state index contributed by atoms with van der Waals surface area (Å²) in [5.41, 5.74) is 0.169. The fraction of sp³-hybridized carbons (Fsp3) is 0.273. The zero-order chi connectivity index (χ0) is 12.8. The second-order valence-electron chi connectivity index (χ2n) is 3.03. The number of esters is 2. The summed E-state index contributed by atoms with van der Waals surface area (Å²) < 4.78 is 9.02. The molecule has 0 atom stereocenters. The fourth-order valence-electron chi connectivity index (χ4n) is 1.33. The maximum Gasteiger partial charge on any atom is 0.324 e. The lowest BCUT2D eigenvalue weighted by Crippen LogP contribution is -2.25. The lowest BCUT2D eigenvalue weighted by molar-refractivity contribution is -0.154. The quantitative estimate of drug-likeness (QED) is 0.555. The number of nitriles is 1. The number of carbonyl (C=O) groups excluding carboxylic acids is 2. The number of hydrogen-bond acceptors (Lipinski definition) is 6. The van der Waals surface area contributed by atoms with Crippen LogP contribution >= 0.6 is 0 Å². The smallest absolute Gasteiger partial charge is 0.324 e. The van der Waals surface area contributed by atoms with E-state index in [1.54, 1.807) is 0 Å². The van der Waals surface area contributed by atoms with Crippen molar-refractivity contribution in [2.75, 3.05) is 14.2 Å². The molecule has 0 saturated heterocycles. The fourth-order valence-corrected chi connectivity index (χ4v) is 1.33. The molecule has 1 heterocycles. The Kier molecular flexibility index (Phi) is 4.17. The standard InChI is InChI=1S/C11H10N2O4/c1-16-10(14)9(11(15)17-2)7-4-3-5-13-8(7)6-12/h3-5,9H,1-2H3. The topological polar surface area (TPSA) is 89.3 Å². The van der Waals surface area contributed by atoms with Gasteiger partial charge < -0.3 is 9.47 Å². The normalized spacial score (nSPS) is 9.53. The van der Waals surface area contributed by atoms with Crippen LogP contribution in [0.2, 0.25) is 0 Å². The molecule has 0 aliphatic carbocycles. The summed E-state index contributed by atoms with van der Waals surface area (Å²) in [6.07, 6.45) is 1.40. The van der Waals surface area contributed by atoms with E-state index in [1.807, 2.05) is 6.07 Å². The minimum Gasteiger partial charge on any atom is -0.468 e. The van der Waals surface area contributed by atoms with Crippen molar-refractivity contribution in [3.8, 4) is 6.07 Å². The van der Waals surface area contributed by atoms with E-state index in [4.69, 9.17) is 5.26 Å². The van der Waals surface area contributed by atoms with Gasteiger partial charge in [-0.15, -0.1) is 0 Å². The van der Waals surface area contributed by atoms with Crippen LogP contribution in [0.4, 0.5) is 0 Å². The maximum atomic E-state index is 11.5. The number of rotatable bonds is 3. The van der Waals surface area contributed by atoms with E-state index in [9.17, 15) is 9.59 Å². The molecule has 0 N–H and O–H groups in total. The summed E-state index contributed by atoms with van der Waals surface area (Å²) in [7, 11) is 2.31. The Morgan fingerprint density at radius 1 is 1.35 bits per heavy atom. The number of ether oxygens (including phenoxy) is 2. The van der Waals surface area contributed by atoms with Crippen LogP contribution in [0.1, 0.15) is 17.2 Å². The van der Waals surface area contributed by atoms with Gasteiger partial charge in [0, 0.05) is 11.8 Å². The average molecular weight is 234 g/mol.